The summed E-state index contributed by atoms with van der Waals surface area (Å²) in [5.74, 6) is -0.291. The second-order valence-electron chi connectivity index (χ2n) is 5.35. The van der Waals surface area contributed by atoms with Crippen LogP contribution in [0.15, 0.2) is 12.2 Å². The molecule has 106 valence electrons. The summed E-state index contributed by atoms with van der Waals surface area (Å²) in [5, 5.41) is 0. The Morgan fingerprint density at radius 1 is 1.11 bits per heavy atom. The summed E-state index contributed by atoms with van der Waals surface area (Å²) in [6.07, 6.45) is 3.14. The highest BCUT2D eigenvalue weighted by Crippen LogP contribution is 2.04. The minimum Gasteiger partial charge on any atom is -0.462 e. The van der Waals surface area contributed by atoms with Crippen LogP contribution < -0.4 is 0 Å². The third kappa shape index (κ3) is 9.19. The van der Waals surface area contributed by atoms with Gasteiger partial charge < -0.3 is 14.0 Å². The Bertz CT molecular complexity index is 262. The van der Waals surface area contributed by atoms with Gasteiger partial charge in [-0.05, 0) is 19.8 Å². The zero-order valence-corrected chi connectivity index (χ0v) is 12.3. The van der Waals surface area contributed by atoms with E-state index in [1.165, 1.54) is 0 Å². The van der Waals surface area contributed by atoms with Gasteiger partial charge in [-0.3, -0.25) is 0 Å². The average molecular weight is 258 g/mol. The number of ether oxygens (including phenoxy) is 2. The third-order valence-electron chi connectivity index (χ3n) is 2.85. The van der Waals surface area contributed by atoms with Crippen LogP contribution in [0.4, 0.5) is 0 Å². The molecule has 18 heavy (non-hydrogen) atoms. The van der Waals surface area contributed by atoms with E-state index in [1.807, 2.05) is 0 Å². The van der Waals surface area contributed by atoms with Crippen molar-refractivity contribution in [3.63, 3.8) is 0 Å². The SMILES string of the molecule is C=C(C)C(=O)OCCC[N+](C)(C)CCCCOC. The van der Waals surface area contributed by atoms with Crippen molar-refractivity contribution in [2.24, 2.45) is 0 Å². The molecule has 0 saturated carbocycles. The molecule has 0 aliphatic heterocycles. The van der Waals surface area contributed by atoms with Crippen molar-refractivity contribution in [2.75, 3.05) is 47.5 Å². The van der Waals surface area contributed by atoms with E-state index >= 15 is 0 Å². The molecule has 0 unspecified atom stereocenters. The maximum atomic E-state index is 11.2. The Hall–Kier alpha value is -0.870. The topological polar surface area (TPSA) is 35.5 Å². The van der Waals surface area contributed by atoms with Crippen molar-refractivity contribution < 1.29 is 18.8 Å². The second-order valence-corrected chi connectivity index (χ2v) is 5.35. The van der Waals surface area contributed by atoms with Crippen LogP contribution in [0.3, 0.4) is 0 Å². The summed E-state index contributed by atoms with van der Waals surface area (Å²) in [6.45, 7) is 8.66. The first-order valence-corrected chi connectivity index (χ1v) is 6.52. The second kappa shape index (κ2) is 9.11. The number of hydrogen-bond donors (Lipinski definition) is 0. The molecule has 0 spiro atoms. The highest BCUT2D eigenvalue weighted by Gasteiger charge is 2.14. The van der Waals surface area contributed by atoms with Crippen molar-refractivity contribution in [3.8, 4) is 0 Å². The van der Waals surface area contributed by atoms with E-state index in [1.54, 1.807) is 14.0 Å². The average Bonchev–Trinajstić information content (AvgIpc) is 2.30. The van der Waals surface area contributed by atoms with E-state index in [-0.39, 0.29) is 5.97 Å². The standard InChI is InChI=1S/C14H28NO3/c1-13(2)14(16)18-12-8-10-15(3,4)9-6-7-11-17-5/h1,6-12H2,2-5H3/q+1. The fourth-order valence-corrected chi connectivity index (χ4v) is 1.68. The molecule has 0 aromatic rings. The molecule has 0 rings (SSSR count). The lowest BCUT2D eigenvalue weighted by atomic mass is 10.2. The van der Waals surface area contributed by atoms with Crippen LogP contribution in [0.1, 0.15) is 26.2 Å². The van der Waals surface area contributed by atoms with Gasteiger partial charge in [0.1, 0.15) is 0 Å². The lowest BCUT2D eigenvalue weighted by Crippen LogP contribution is -2.41. The molecule has 0 fully saturated rings. The summed E-state index contributed by atoms with van der Waals surface area (Å²) >= 11 is 0. The Labute approximate surface area is 111 Å². The molecule has 0 heterocycles. The number of carbonyl (C=O) groups is 1. The maximum absolute atomic E-state index is 11.2. The fraction of sp³-hybridized carbons (Fsp3) is 0.786. The van der Waals surface area contributed by atoms with Gasteiger partial charge in [0.05, 0.1) is 33.8 Å². The lowest BCUT2D eigenvalue weighted by Gasteiger charge is -2.29. The molecular weight excluding hydrogens is 230 g/mol. The van der Waals surface area contributed by atoms with Crippen LogP contribution >= 0.6 is 0 Å². The van der Waals surface area contributed by atoms with E-state index in [9.17, 15) is 4.79 Å². The van der Waals surface area contributed by atoms with Gasteiger partial charge in [0.2, 0.25) is 0 Å². The molecule has 0 N–H and O–H groups in total. The molecule has 4 nitrogen and oxygen atoms in total. The van der Waals surface area contributed by atoms with Crippen LogP contribution in [-0.2, 0) is 14.3 Å². The molecular formula is C14H28NO3+. The van der Waals surface area contributed by atoms with Crippen LogP contribution in [0.5, 0.6) is 0 Å². The van der Waals surface area contributed by atoms with Gasteiger partial charge in [-0.2, -0.15) is 0 Å². The monoisotopic (exact) mass is 258 g/mol. The summed E-state index contributed by atoms with van der Waals surface area (Å²) in [4.78, 5) is 11.2. The van der Waals surface area contributed by atoms with E-state index < -0.39 is 0 Å². The minimum absolute atomic E-state index is 0.291. The molecule has 0 saturated heterocycles. The van der Waals surface area contributed by atoms with Crippen LogP contribution in [0.25, 0.3) is 0 Å². The number of nitrogens with zero attached hydrogens (tertiary/aromatic N) is 1. The van der Waals surface area contributed by atoms with Gasteiger partial charge in [-0.15, -0.1) is 0 Å². The zero-order valence-electron chi connectivity index (χ0n) is 12.3. The van der Waals surface area contributed by atoms with Crippen LogP contribution in [0.2, 0.25) is 0 Å². The highest BCUT2D eigenvalue weighted by molar-refractivity contribution is 5.86. The van der Waals surface area contributed by atoms with Gasteiger partial charge in [-0.1, -0.05) is 6.58 Å². The third-order valence-corrected chi connectivity index (χ3v) is 2.85. The number of carbonyl (C=O) groups excluding carboxylic acids is 1. The summed E-state index contributed by atoms with van der Waals surface area (Å²) in [6, 6.07) is 0. The van der Waals surface area contributed by atoms with Crippen LogP contribution in [-0.4, -0.2) is 58.0 Å². The predicted octanol–water partition coefficient (Wildman–Crippen LogP) is 2.00. The smallest absolute Gasteiger partial charge is 0.333 e. The van der Waals surface area contributed by atoms with Crippen LogP contribution in [0, 0.1) is 0 Å². The highest BCUT2D eigenvalue weighted by atomic mass is 16.5. The molecule has 0 atom stereocenters. The summed E-state index contributed by atoms with van der Waals surface area (Å²) in [5.41, 5.74) is 0.461. The molecule has 0 aliphatic carbocycles. The number of hydrogen-bond acceptors (Lipinski definition) is 3. The van der Waals surface area contributed by atoms with E-state index in [4.69, 9.17) is 9.47 Å². The number of quaternary nitrogens is 1. The quantitative estimate of drug-likeness (QED) is 0.260. The number of unbranched alkanes of at least 4 members (excludes halogenated alkanes) is 1. The van der Waals surface area contributed by atoms with Gasteiger partial charge in [0.15, 0.2) is 0 Å². The molecule has 0 amide bonds. The lowest BCUT2D eigenvalue weighted by molar-refractivity contribution is -0.890. The summed E-state index contributed by atoms with van der Waals surface area (Å²) in [7, 11) is 6.14. The van der Waals surface area contributed by atoms with Gasteiger partial charge >= 0.3 is 5.97 Å². The minimum atomic E-state index is -0.291. The predicted molar refractivity (Wildman–Crippen MR) is 73.3 cm³/mol. The Balaban J connectivity index is 3.63. The van der Waals surface area contributed by atoms with E-state index in [0.29, 0.717) is 12.2 Å². The molecule has 0 radical (unpaired) electrons. The van der Waals surface area contributed by atoms with E-state index in [0.717, 1.165) is 43.4 Å². The van der Waals surface area contributed by atoms with E-state index in [2.05, 4.69) is 20.7 Å². The Kier molecular flexibility index (Phi) is 8.67. The zero-order chi connectivity index (χ0) is 14.0. The number of methoxy groups -OCH3 is 1. The number of rotatable bonds is 10. The van der Waals surface area contributed by atoms with Gasteiger partial charge in [-0.25, -0.2) is 4.79 Å². The van der Waals surface area contributed by atoms with Gasteiger partial charge in [0.25, 0.3) is 0 Å². The first-order chi connectivity index (χ1) is 8.39. The van der Waals surface area contributed by atoms with Crippen molar-refractivity contribution >= 4 is 5.97 Å². The van der Waals surface area contributed by atoms with Crippen molar-refractivity contribution in [1.82, 2.24) is 0 Å². The first-order valence-electron chi connectivity index (χ1n) is 6.52. The molecule has 0 bridgehead atoms. The Morgan fingerprint density at radius 3 is 2.28 bits per heavy atom. The molecule has 4 heteroatoms. The maximum Gasteiger partial charge on any atom is 0.333 e. The van der Waals surface area contributed by atoms with Crippen molar-refractivity contribution in [1.29, 1.82) is 0 Å². The first kappa shape index (κ1) is 17.1. The van der Waals surface area contributed by atoms with Gasteiger partial charge in [0, 0.05) is 25.7 Å². The largest absolute Gasteiger partial charge is 0.462 e. The molecule has 0 aromatic carbocycles. The number of esters is 1. The van der Waals surface area contributed by atoms with Crippen molar-refractivity contribution in [2.45, 2.75) is 26.2 Å². The normalized spacial score (nSPS) is 11.3. The Morgan fingerprint density at radius 2 is 1.72 bits per heavy atom. The molecule has 0 aliphatic rings. The van der Waals surface area contributed by atoms with Crippen molar-refractivity contribution in [3.05, 3.63) is 12.2 Å². The molecule has 0 aromatic heterocycles. The summed E-state index contributed by atoms with van der Waals surface area (Å²) < 4.78 is 11.1. The fourth-order valence-electron chi connectivity index (χ4n) is 1.68.